The van der Waals surface area contributed by atoms with Gasteiger partial charge in [0.05, 0.1) is 0 Å². The lowest BCUT2D eigenvalue weighted by Gasteiger charge is -2.50. The molecule has 1 saturated heterocycles. The van der Waals surface area contributed by atoms with Crippen LogP contribution in [0.25, 0.3) is 0 Å². The highest BCUT2D eigenvalue weighted by Gasteiger charge is 2.38. The number of hydrogen-bond acceptors (Lipinski definition) is 2. The molecule has 1 aromatic carbocycles. The molecule has 1 spiro atoms. The van der Waals surface area contributed by atoms with Crippen LogP contribution >= 0.6 is 11.6 Å². The molecule has 1 aliphatic heterocycles. The Morgan fingerprint density at radius 3 is 2.79 bits per heavy atom. The van der Waals surface area contributed by atoms with Crippen molar-refractivity contribution in [2.75, 3.05) is 18.0 Å². The van der Waals surface area contributed by atoms with Gasteiger partial charge in [0.15, 0.2) is 0 Å². The lowest BCUT2D eigenvalue weighted by molar-refractivity contribution is 0.200. The molecule has 3 rings (SSSR count). The fraction of sp³-hybridized carbons (Fsp3) is 0.625. The Morgan fingerprint density at radius 2 is 2.05 bits per heavy atom. The zero-order valence-corrected chi connectivity index (χ0v) is 12.4. The maximum absolute atomic E-state index is 6.15. The largest absolute Gasteiger partial charge is 0.366 e. The van der Waals surface area contributed by atoms with Crippen LogP contribution in [-0.2, 0) is 0 Å². The van der Waals surface area contributed by atoms with E-state index in [4.69, 9.17) is 11.6 Å². The van der Waals surface area contributed by atoms with E-state index in [0.717, 1.165) is 18.1 Å². The predicted molar refractivity (Wildman–Crippen MR) is 82.1 cm³/mol. The Morgan fingerprint density at radius 1 is 1.26 bits per heavy atom. The highest BCUT2D eigenvalue weighted by atomic mass is 35.5. The molecule has 104 valence electrons. The molecule has 1 aliphatic carbocycles. The van der Waals surface area contributed by atoms with Gasteiger partial charge in [0.25, 0.3) is 0 Å². The third-order valence-corrected chi connectivity index (χ3v) is 4.96. The summed E-state index contributed by atoms with van der Waals surface area (Å²) in [5.74, 6) is 0. The summed E-state index contributed by atoms with van der Waals surface area (Å²) in [4.78, 5) is 2.54. The van der Waals surface area contributed by atoms with Gasteiger partial charge in [-0.05, 0) is 38.0 Å². The number of nitrogens with zero attached hydrogens (tertiary/aromatic N) is 1. The maximum Gasteiger partial charge on any atom is 0.0426 e. The van der Waals surface area contributed by atoms with Crippen LogP contribution in [0.2, 0.25) is 5.02 Å². The second-order valence-electron chi connectivity index (χ2n) is 6.18. The first-order chi connectivity index (χ1) is 9.19. The van der Waals surface area contributed by atoms with E-state index in [1.54, 1.807) is 0 Å². The molecule has 0 aromatic heterocycles. The molecule has 19 heavy (non-hydrogen) atoms. The first-order valence-electron chi connectivity index (χ1n) is 7.46. The quantitative estimate of drug-likeness (QED) is 0.840. The van der Waals surface area contributed by atoms with E-state index in [1.165, 1.54) is 37.8 Å². The van der Waals surface area contributed by atoms with Gasteiger partial charge in [0, 0.05) is 35.4 Å². The minimum Gasteiger partial charge on any atom is -0.366 e. The fourth-order valence-corrected chi connectivity index (χ4v) is 3.76. The van der Waals surface area contributed by atoms with Crippen molar-refractivity contribution in [3.8, 4) is 0 Å². The first-order valence-corrected chi connectivity index (χ1v) is 7.84. The molecule has 1 saturated carbocycles. The van der Waals surface area contributed by atoms with Crippen LogP contribution < -0.4 is 10.2 Å². The Labute approximate surface area is 121 Å². The van der Waals surface area contributed by atoms with E-state index in [-0.39, 0.29) is 0 Å². The lowest BCUT2D eigenvalue weighted by atomic mass is 9.79. The molecule has 1 heterocycles. The van der Waals surface area contributed by atoms with E-state index in [1.807, 2.05) is 6.07 Å². The molecule has 1 N–H and O–H groups in total. The van der Waals surface area contributed by atoms with Crippen LogP contribution in [0.4, 0.5) is 5.69 Å². The summed E-state index contributed by atoms with van der Waals surface area (Å²) in [5, 5.41) is 4.66. The Kier molecular flexibility index (Phi) is 3.72. The standard InChI is InChI=1S/C16H23ClN2/c1-13-11-18-16(8-3-2-4-9-16)12-19(13)15-7-5-6-14(17)10-15/h5-7,10,13,18H,2-4,8-9,11-12H2,1H3. The molecule has 3 heteroatoms. The van der Waals surface area contributed by atoms with Crippen molar-refractivity contribution >= 4 is 17.3 Å². The first kappa shape index (κ1) is 13.3. The number of anilines is 1. The van der Waals surface area contributed by atoms with Crippen molar-refractivity contribution in [2.45, 2.75) is 50.6 Å². The summed E-state index contributed by atoms with van der Waals surface area (Å²) < 4.78 is 0. The number of piperazine rings is 1. The predicted octanol–water partition coefficient (Wildman–Crippen LogP) is 3.84. The SMILES string of the molecule is CC1CNC2(CCCCC2)CN1c1cccc(Cl)c1. The summed E-state index contributed by atoms with van der Waals surface area (Å²) in [6.45, 7) is 4.49. The smallest absolute Gasteiger partial charge is 0.0426 e. The van der Waals surface area contributed by atoms with Crippen LogP contribution in [0.1, 0.15) is 39.0 Å². The zero-order valence-electron chi connectivity index (χ0n) is 11.7. The van der Waals surface area contributed by atoms with Crippen LogP contribution in [0, 0.1) is 0 Å². The van der Waals surface area contributed by atoms with Gasteiger partial charge in [-0.15, -0.1) is 0 Å². The maximum atomic E-state index is 6.15. The summed E-state index contributed by atoms with van der Waals surface area (Å²) in [7, 11) is 0. The molecule has 2 fully saturated rings. The summed E-state index contributed by atoms with van der Waals surface area (Å²) in [5.41, 5.74) is 1.61. The van der Waals surface area contributed by atoms with Gasteiger partial charge < -0.3 is 10.2 Å². The normalized spacial score (nSPS) is 26.6. The Balaban J connectivity index is 1.83. The molecule has 1 aromatic rings. The molecule has 0 bridgehead atoms. The van der Waals surface area contributed by atoms with E-state index in [9.17, 15) is 0 Å². The van der Waals surface area contributed by atoms with E-state index >= 15 is 0 Å². The van der Waals surface area contributed by atoms with Crippen LogP contribution in [0.15, 0.2) is 24.3 Å². The van der Waals surface area contributed by atoms with E-state index in [2.05, 4.69) is 35.3 Å². The molecular formula is C16H23ClN2. The van der Waals surface area contributed by atoms with Crippen molar-refractivity contribution in [3.05, 3.63) is 29.3 Å². The van der Waals surface area contributed by atoms with Crippen LogP contribution in [-0.4, -0.2) is 24.7 Å². The summed E-state index contributed by atoms with van der Waals surface area (Å²) in [6.07, 6.45) is 6.76. The monoisotopic (exact) mass is 278 g/mol. The number of nitrogens with one attached hydrogen (secondary N) is 1. The molecule has 0 radical (unpaired) electrons. The molecule has 1 atom stereocenters. The Hall–Kier alpha value is -0.730. The average Bonchev–Trinajstić information content (AvgIpc) is 2.43. The molecule has 0 amide bonds. The van der Waals surface area contributed by atoms with Crippen molar-refractivity contribution in [2.24, 2.45) is 0 Å². The van der Waals surface area contributed by atoms with Gasteiger partial charge in [-0.3, -0.25) is 0 Å². The van der Waals surface area contributed by atoms with Gasteiger partial charge in [0.2, 0.25) is 0 Å². The van der Waals surface area contributed by atoms with Gasteiger partial charge >= 0.3 is 0 Å². The molecule has 2 nitrogen and oxygen atoms in total. The van der Waals surface area contributed by atoms with Crippen molar-refractivity contribution < 1.29 is 0 Å². The average molecular weight is 279 g/mol. The third-order valence-electron chi connectivity index (χ3n) is 4.73. The highest BCUT2D eigenvalue weighted by molar-refractivity contribution is 6.30. The van der Waals surface area contributed by atoms with Gasteiger partial charge in [0.1, 0.15) is 0 Å². The van der Waals surface area contributed by atoms with Gasteiger partial charge in [-0.2, -0.15) is 0 Å². The summed E-state index contributed by atoms with van der Waals surface area (Å²) in [6, 6.07) is 8.82. The number of hydrogen-bond donors (Lipinski definition) is 1. The molecular weight excluding hydrogens is 256 g/mol. The molecule has 2 aliphatic rings. The zero-order chi connectivity index (χ0) is 13.3. The lowest BCUT2D eigenvalue weighted by Crippen LogP contribution is -2.64. The fourth-order valence-electron chi connectivity index (χ4n) is 3.58. The van der Waals surface area contributed by atoms with E-state index < -0.39 is 0 Å². The van der Waals surface area contributed by atoms with Gasteiger partial charge in [-0.1, -0.05) is 36.9 Å². The summed E-state index contributed by atoms with van der Waals surface area (Å²) >= 11 is 6.15. The minimum atomic E-state index is 0.340. The van der Waals surface area contributed by atoms with E-state index in [0.29, 0.717) is 11.6 Å². The van der Waals surface area contributed by atoms with Crippen LogP contribution in [0.3, 0.4) is 0 Å². The molecule has 1 unspecified atom stereocenters. The number of benzene rings is 1. The second-order valence-corrected chi connectivity index (χ2v) is 6.62. The third kappa shape index (κ3) is 2.75. The van der Waals surface area contributed by atoms with Gasteiger partial charge in [-0.25, -0.2) is 0 Å². The second kappa shape index (κ2) is 5.34. The number of halogens is 1. The topological polar surface area (TPSA) is 15.3 Å². The Bertz CT molecular complexity index is 440. The van der Waals surface area contributed by atoms with Crippen LogP contribution in [0.5, 0.6) is 0 Å². The van der Waals surface area contributed by atoms with Crippen molar-refractivity contribution in [3.63, 3.8) is 0 Å². The minimum absolute atomic E-state index is 0.340. The number of rotatable bonds is 1. The highest BCUT2D eigenvalue weighted by Crippen LogP contribution is 2.34. The van der Waals surface area contributed by atoms with Crippen molar-refractivity contribution in [1.82, 2.24) is 5.32 Å². The van der Waals surface area contributed by atoms with Crippen molar-refractivity contribution in [1.29, 1.82) is 0 Å².